The van der Waals surface area contributed by atoms with Gasteiger partial charge in [-0.05, 0) is 36.4 Å². The van der Waals surface area contributed by atoms with Gasteiger partial charge in [-0.3, -0.25) is 4.79 Å². The molecule has 128 valence electrons. The minimum absolute atomic E-state index is 0.0291. The van der Waals surface area contributed by atoms with Gasteiger partial charge in [0.2, 0.25) is 0 Å². The van der Waals surface area contributed by atoms with Crippen LogP contribution in [-0.2, 0) is 14.0 Å². The van der Waals surface area contributed by atoms with Crippen LogP contribution in [0.1, 0.15) is 27.2 Å². The molecular formula is C18H28O4Si. The standard InChI is InChI=1S/C18H28O4Si/c1-17(2,3)23(4,5)21-9-18-11-7-6-10(8-11)12(18)13(19)14-15(22-14)16(18)20/h6-7,10-15,19H,8-9H2,1-5H3/t10-,11+,12+,13-,14+,15+,18+/m1/s1. The second-order valence-corrected chi connectivity index (χ2v) is 14.2. The molecule has 5 heteroatoms. The Kier molecular flexibility index (Phi) is 3.18. The quantitative estimate of drug-likeness (QED) is 0.489. The van der Waals surface area contributed by atoms with Gasteiger partial charge in [0.25, 0.3) is 0 Å². The van der Waals surface area contributed by atoms with Crippen molar-refractivity contribution in [3.63, 3.8) is 0 Å². The molecule has 0 spiro atoms. The third kappa shape index (κ3) is 1.97. The van der Waals surface area contributed by atoms with Crippen molar-refractivity contribution < 1.29 is 19.1 Å². The van der Waals surface area contributed by atoms with E-state index in [-0.39, 0.29) is 28.8 Å². The first kappa shape index (κ1) is 16.0. The zero-order chi connectivity index (χ0) is 16.8. The van der Waals surface area contributed by atoms with Crippen molar-refractivity contribution in [2.75, 3.05) is 6.61 Å². The Morgan fingerprint density at radius 1 is 1.39 bits per heavy atom. The van der Waals surface area contributed by atoms with E-state index >= 15 is 0 Å². The Labute approximate surface area is 139 Å². The average molecular weight is 337 g/mol. The second kappa shape index (κ2) is 4.57. The molecule has 1 saturated heterocycles. The lowest BCUT2D eigenvalue weighted by Crippen LogP contribution is -2.58. The lowest BCUT2D eigenvalue weighted by molar-refractivity contribution is -0.144. The number of Topliss-reactive ketones (excluding diaryl/α,β-unsaturated/α-hetero) is 1. The molecule has 2 bridgehead atoms. The summed E-state index contributed by atoms with van der Waals surface area (Å²) in [6.45, 7) is 11.5. The molecule has 1 N–H and O–H groups in total. The highest BCUT2D eigenvalue weighted by Crippen LogP contribution is 2.64. The Morgan fingerprint density at radius 2 is 2.09 bits per heavy atom. The molecule has 1 heterocycles. The summed E-state index contributed by atoms with van der Waals surface area (Å²) in [6.07, 6.45) is 4.18. The normalized spacial score (nSPS) is 47.7. The molecule has 4 nitrogen and oxygen atoms in total. The maximum absolute atomic E-state index is 13.1. The fourth-order valence-corrected chi connectivity index (χ4v) is 5.80. The van der Waals surface area contributed by atoms with Crippen LogP contribution in [0.15, 0.2) is 12.2 Å². The Bertz CT molecular complexity index is 578. The molecule has 1 aliphatic heterocycles. The maximum atomic E-state index is 13.1. The first-order valence-electron chi connectivity index (χ1n) is 8.80. The molecule has 2 saturated carbocycles. The molecule has 0 radical (unpaired) electrons. The molecule has 0 aromatic rings. The predicted octanol–water partition coefficient (Wildman–Crippen LogP) is 2.53. The van der Waals surface area contributed by atoms with E-state index in [2.05, 4.69) is 46.0 Å². The summed E-state index contributed by atoms with van der Waals surface area (Å²) in [7, 11) is -1.94. The van der Waals surface area contributed by atoms with Crippen molar-refractivity contribution in [1.29, 1.82) is 0 Å². The monoisotopic (exact) mass is 336 g/mol. The highest BCUT2D eigenvalue weighted by atomic mass is 28.4. The van der Waals surface area contributed by atoms with Crippen LogP contribution in [0.3, 0.4) is 0 Å². The van der Waals surface area contributed by atoms with Crippen LogP contribution in [0.5, 0.6) is 0 Å². The number of fused-ring (bicyclic) bond motifs is 6. The van der Waals surface area contributed by atoms with Crippen LogP contribution in [0, 0.1) is 23.2 Å². The zero-order valence-corrected chi connectivity index (χ0v) is 15.7. The number of carbonyl (C=O) groups excluding carboxylic acids is 1. The third-order valence-electron chi connectivity index (χ3n) is 7.26. The van der Waals surface area contributed by atoms with Gasteiger partial charge in [0.1, 0.15) is 12.2 Å². The molecule has 0 unspecified atom stereocenters. The SMILES string of the molecule is CC(C)(C)[Si](C)(C)OC[C@@]12C(=O)[C@H]3O[C@H]3[C@H](O)[C@@H]1[C@@H]1C=C[C@H]2C1. The van der Waals surface area contributed by atoms with Crippen LogP contribution in [0.4, 0.5) is 0 Å². The second-order valence-electron chi connectivity index (χ2n) is 9.38. The third-order valence-corrected chi connectivity index (χ3v) is 11.7. The van der Waals surface area contributed by atoms with Gasteiger partial charge >= 0.3 is 0 Å². The van der Waals surface area contributed by atoms with E-state index < -0.39 is 25.9 Å². The van der Waals surface area contributed by atoms with E-state index in [1.165, 1.54) is 0 Å². The van der Waals surface area contributed by atoms with E-state index in [4.69, 9.17) is 9.16 Å². The van der Waals surface area contributed by atoms with Crippen molar-refractivity contribution in [3.05, 3.63) is 12.2 Å². The minimum Gasteiger partial charge on any atom is -0.416 e. The fourth-order valence-electron chi connectivity index (χ4n) is 4.76. The predicted molar refractivity (Wildman–Crippen MR) is 89.5 cm³/mol. The number of hydrogen-bond acceptors (Lipinski definition) is 4. The molecule has 3 fully saturated rings. The summed E-state index contributed by atoms with van der Waals surface area (Å²) in [5.41, 5.74) is -0.563. The van der Waals surface area contributed by atoms with Gasteiger partial charge in [-0.1, -0.05) is 32.9 Å². The molecule has 3 aliphatic carbocycles. The Balaban J connectivity index is 1.66. The number of rotatable bonds is 3. The van der Waals surface area contributed by atoms with E-state index in [0.717, 1.165) is 6.42 Å². The fraction of sp³-hybridized carbons (Fsp3) is 0.833. The lowest BCUT2D eigenvalue weighted by atomic mass is 9.60. The highest BCUT2D eigenvalue weighted by Gasteiger charge is 2.73. The zero-order valence-electron chi connectivity index (χ0n) is 14.7. The molecule has 0 aromatic carbocycles. The first-order chi connectivity index (χ1) is 10.6. The van der Waals surface area contributed by atoms with Crippen LogP contribution in [0.2, 0.25) is 18.1 Å². The number of carbonyl (C=O) groups is 1. The molecule has 4 rings (SSSR count). The number of ketones is 1. The average Bonchev–Trinajstić information content (AvgIpc) is 3.02. The van der Waals surface area contributed by atoms with Gasteiger partial charge in [-0.25, -0.2) is 0 Å². The van der Waals surface area contributed by atoms with E-state index in [1.807, 2.05) is 0 Å². The summed E-state index contributed by atoms with van der Waals surface area (Å²) in [5, 5.41) is 10.8. The molecule has 0 amide bonds. The molecule has 23 heavy (non-hydrogen) atoms. The number of aliphatic hydroxyl groups is 1. The summed E-state index contributed by atoms with van der Waals surface area (Å²) >= 11 is 0. The van der Waals surface area contributed by atoms with Crippen molar-refractivity contribution >= 4 is 14.1 Å². The van der Waals surface area contributed by atoms with Gasteiger partial charge in [0.05, 0.1) is 11.5 Å². The van der Waals surface area contributed by atoms with Gasteiger partial charge in [-0.2, -0.15) is 0 Å². The molecular weight excluding hydrogens is 308 g/mol. The smallest absolute Gasteiger partial charge is 0.192 e. The summed E-state index contributed by atoms with van der Waals surface area (Å²) in [4.78, 5) is 13.1. The summed E-state index contributed by atoms with van der Waals surface area (Å²) in [5.74, 6) is 0.661. The van der Waals surface area contributed by atoms with E-state index in [9.17, 15) is 9.90 Å². The molecule has 7 atom stereocenters. The van der Waals surface area contributed by atoms with Crippen LogP contribution >= 0.6 is 0 Å². The van der Waals surface area contributed by atoms with Gasteiger partial charge < -0.3 is 14.3 Å². The number of allylic oxidation sites excluding steroid dienone is 2. The van der Waals surface area contributed by atoms with Crippen LogP contribution in [0.25, 0.3) is 0 Å². The molecule has 0 aromatic heterocycles. The van der Waals surface area contributed by atoms with Crippen molar-refractivity contribution in [1.82, 2.24) is 0 Å². The van der Waals surface area contributed by atoms with Crippen LogP contribution < -0.4 is 0 Å². The lowest BCUT2D eigenvalue weighted by Gasteiger charge is -2.47. The summed E-state index contributed by atoms with van der Waals surface area (Å²) in [6, 6.07) is 0. The maximum Gasteiger partial charge on any atom is 0.192 e. The van der Waals surface area contributed by atoms with Gasteiger partial charge in [0.15, 0.2) is 14.1 Å². The Morgan fingerprint density at radius 3 is 2.74 bits per heavy atom. The van der Waals surface area contributed by atoms with Crippen LogP contribution in [-0.4, -0.2) is 44.1 Å². The van der Waals surface area contributed by atoms with E-state index in [0.29, 0.717) is 12.5 Å². The van der Waals surface area contributed by atoms with Gasteiger partial charge in [-0.15, -0.1) is 0 Å². The summed E-state index contributed by atoms with van der Waals surface area (Å²) < 4.78 is 12.0. The number of epoxide rings is 1. The van der Waals surface area contributed by atoms with Crippen molar-refractivity contribution in [2.24, 2.45) is 23.2 Å². The number of hydrogen-bond donors (Lipinski definition) is 1. The topological polar surface area (TPSA) is 59.1 Å². The highest BCUT2D eigenvalue weighted by molar-refractivity contribution is 6.74. The number of aliphatic hydroxyl groups excluding tert-OH is 1. The molecule has 4 aliphatic rings. The van der Waals surface area contributed by atoms with E-state index in [1.54, 1.807) is 0 Å². The van der Waals surface area contributed by atoms with Gasteiger partial charge in [0, 0.05) is 12.5 Å². The largest absolute Gasteiger partial charge is 0.416 e. The Hall–Kier alpha value is -0.493. The van der Waals surface area contributed by atoms with Crippen molar-refractivity contribution in [3.8, 4) is 0 Å². The van der Waals surface area contributed by atoms with Crippen molar-refractivity contribution in [2.45, 2.75) is 63.6 Å². The minimum atomic E-state index is -1.94. The number of ether oxygens (including phenoxy) is 1. The first-order valence-corrected chi connectivity index (χ1v) is 11.7.